The van der Waals surface area contributed by atoms with Crippen LogP contribution in [0.2, 0.25) is 0 Å². The number of nitrogens with two attached hydrogens (primary N) is 1. The summed E-state index contributed by atoms with van der Waals surface area (Å²) in [6.07, 6.45) is 0. The highest BCUT2D eigenvalue weighted by atomic mass is 32.2. The molecule has 0 bridgehead atoms. The Morgan fingerprint density at radius 1 is 1.16 bits per heavy atom. The van der Waals surface area contributed by atoms with E-state index in [2.05, 4.69) is 20.6 Å². The number of anilines is 1. The normalized spacial score (nSPS) is 11.8. The van der Waals surface area contributed by atoms with E-state index in [9.17, 15) is 13.2 Å². The van der Waals surface area contributed by atoms with Gasteiger partial charge in [-0.05, 0) is 44.2 Å². The second-order valence-corrected chi connectivity index (χ2v) is 9.82. The van der Waals surface area contributed by atoms with E-state index in [0.29, 0.717) is 29.9 Å². The minimum absolute atomic E-state index is 0.0476. The molecule has 3 aromatic rings. The van der Waals surface area contributed by atoms with Crippen LogP contribution >= 0.6 is 11.8 Å². The molecular formula is C19H26N8O3S2. The van der Waals surface area contributed by atoms with E-state index in [4.69, 9.17) is 5.84 Å². The molecule has 2 heterocycles. The molecule has 3 rings (SSSR count). The summed E-state index contributed by atoms with van der Waals surface area (Å²) < 4.78 is 29.3. The van der Waals surface area contributed by atoms with Gasteiger partial charge in [0.1, 0.15) is 0 Å². The quantitative estimate of drug-likeness (QED) is 0.349. The van der Waals surface area contributed by atoms with E-state index in [-0.39, 0.29) is 16.6 Å². The van der Waals surface area contributed by atoms with Crippen molar-refractivity contribution in [1.82, 2.24) is 29.0 Å². The lowest BCUT2D eigenvalue weighted by Crippen LogP contribution is -2.30. The SMILES string of the molecule is CCN(CC)S(=O)(=O)c1ccc(NC(=O)CSc2nnc(-n3nc(C)cc3C)n2N)cc1. The zero-order valence-electron chi connectivity index (χ0n) is 18.3. The maximum Gasteiger partial charge on any atom is 0.271 e. The molecule has 0 spiro atoms. The van der Waals surface area contributed by atoms with Gasteiger partial charge in [0.2, 0.25) is 21.1 Å². The average Bonchev–Trinajstić information content (AvgIpc) is 3.28. The van der Waals surface area contributed by atoms with Gasteiger partial charge >= 0.3 is 0 Å². The highest BCUT2D eigenvalue weighted by Gasteiger charge is 2.21. The van der Waals surface area contributed by atoms with Crippen LogP contribution in [0.25, 0.3) is 5.95 Å². The number of carbonyl (C=O) groups is 1. The van der Waals surface area contributed by atoms with Crippen molar-refractivity contribution < 1.29 is 13.2 Å². The molecule has 0 aliphatic heterocycles. The molecule has 0 aliphatic rings. The summed E-state index contributed by atoms with van der Waals surface area (Å²) in [7, 11) is -3.54. The van der Waals surface area contributed by atoms with Gasteiger partial charge in [0.25, 0.3) is 5.95 Å². The summed E-state index contributed by atoms with van der Waals surface area (Å²) in [6, 6.07) is 7.98. The predicted octanol–water partition coefficient (Wildman–Crippen LogP) is 1.56. The Hall–Kier alpha value is -2.90. The van der Waals surface area contributed by atoms with Gasteiger partial charge < -0.3 is 11.2 Å². The molecule has 11 nitrogen and oxygen atoms in total. The first-order chi connectivity index (χ1) is 15.2. The molecule has 3 N–H and O–H groups in total. The standard InChI is InChI=1S/C19H26N8O3S2/c1-5-25(6-2)32(29,30)16-9-7-15(8-10-16)21-17(28)12-31-19-23-22-18(26(19)20)27-14(4)11-13(3)24-27/h7-11H,5-6,12,20H2,1-4H3,(H,21,28). The molecule has 13 heteroatoms. The van der Waals surface area contributed by atoms with Crippen LogP contribution in [0, 0.1) is 13.8 Å². The van der Waals surface area contributed by atoms with Crippen molar-refractivity contribution in [3.05, 3.63) is 41.7 Å². The van der Waals surface area contributed by atoms with Crippen molar-refractivity contribution in [2.24, 2.45) is 0 Å². The number of amides is 1. The van der Waals surface area contributed by atoms with Crippen LogP contribution in [-0.2, 0) is 14.8 Å². The first-order valence-corrected chi connectivity index (χ1v) is 12.4. The van der Waals surface area contributed by atoms with Gasteiger partial charge in [-0.25, -0.2) is 17.8 Å². The van der Waals surface area contributed by atoms with Crippen molar-refractivity contribution in [3.8, 4) is 5.95 Å². The van der Waals surface area contributed by atoms with Crippen molar-refractivity contribution in [3.63, 3.8) is 0 Å². The van der Waals surface area contributed by atoms with Gasteiger partial charge in [0, 0.05) is 24.5 Å². The van der Waals surface area contributed by atoms with Gasteiger partial charge in [-0.15, -0.1) is 10.2 Å². The largest absolute Gasteiger partial charge is 0.334 e. The fourth-order valence-electron chi connectivity index (χ4n) is 3.09. The number of aryl methyl sites for hydroxylation is 2. The lowest BCUT2D eigenvalue weighted by Gasteiger charge is -2.18. The number of sulfonamides is 1. The minimum atomic E-state index is -3.54. The monoisotopic (exact) mass is 478 g/mol. The molecule has 0 saturated heterocycles. The Morgan fingerprint density at radius 3 is 2.38 bits per heavy atom. The molecule has 1 aromatic carbocycles. The maximum absolute atomic E-state index is 12.5. The summed E-state index contributed by atoms with van der Waals surface area (Å²) in [5, 5.41) is 15.5. The Kier molecular flexibility index (Phi) is 7.21. The van der Waals surface area contributed by atoms with E-state index in [1.807, 2.05) is 19.9 Å². The molecule has 0 aliphatic carbocycles. The lowest BCUT2D eigenvalue weighted by molar-refractivity contribution is -0.113. The number of thioether (sulfide) groups is 1. The smallest absolute Gasteiger partial charge is 0.271 e. The zero-order chi connectivity index (χ0) is 23.5. The van der Waals surface area contributed by atoms with Crippen LogP contribution in [0.4, 0.5) is 5.69 Å². The molecule has 0 fully saturated rings. The summed E-state index contributed by atoms with van der Waals surface area (Å²) in [5.74, 6) is 6.19. The summed E-state index contributed by atoms with van der Waals surface area (Å²) in [5.41, 5.74) is 2.18. The second kappa shape index (κ2) is 9.71. The topological polar surface area (TPSA) is 141 Å². The van der Waals surface area contributed by atoms with Crippen LogP contribution in [0.15, 0.2) is 40.4 Å². The fraction of sp³-hybridized carbons (Fsp3) is 0.368. The Morgan fingerprint density at radius 2 is 1.81 bits per heavy atom. The van der Waals surface area contributed by atoms with Crippen molar-refractivity contribution in [2.75, 3.05) is 30.0 Å². The predicted molar refractivity (Wildman–Crippen MR) is 123 cm³/mol. The summed E-state index contributed by atoms with van der Waals surface area (Å²) in [6.45, 7) is 8.11. The van der Waals surface area contributed by atoms with Crippen LogP contribution < -0.4 is 11.2 Å². The molecule has 32 heavy (non-hydrogen) atoms. The highest BCUT2D eigenvalue weighted by molar-refractivity contribution is 7.99. The van der Waals surface area contributed by atoms with Gasteiger partial charge in [-0.2, -0.15) is 9.40 Å². The van der Waals surface area contributed by atoms with E-state index in [1.54, 1.807) is 30.7 Å². The van der Waals surface area contributed by atoms with Gasteiger partial charge in [-0.1, -0.05) is 25.6 Å². The van der Waals surface area contributed by atoms with Crippen LogP contribution in [0.3, 0.4) is 0 Å². The molecule has 0 unspecified atom stereocenters. The molecule has 172 valence electrons. The van der Waals surface area contributed by atoms with Crippen molar-refractivity contribution >= 4 is 33.4 Å². The third kappa shape index (κ3) is 4.95. The first-order valence-electron chi connectivity index (χ1n) is 9.94. The Labute approximate surface area is 191 Å². The van der Waals surface area contributed by atoms with Gasteiger partial charge in [-0.3, -0.25) is 4.79 Å². The fourth-order valence-corrected chi connectivity index (χ4v) is 5.20. The molecule has 0 saturated carbocycles. The van der Waals surface area contributed by atoms with Crippen LogP contribution in [0.5, 0.6) is 0 Å². The summed E-state index contributed by atoms with van der Waals surface area (Å²) in [4.78, 5) is 12.5. The molecule has 0 radical (unpaired) electrons. The number of rotatable bonds is 9. The number of hydrogen-bond donors (Lipinski definition) is 2. The molecular weight excluding hydrogens is 452 g/mol. The zero-order valence-corrected chi connectivity index (χ0v) is 19.9. The van der Waals surface area contributed by atoms with Crippen molar-refractivity contribution in [2.45, 2.75) is 37.7 Å². The minimum Gasteiger partial charge on any atom is -0.334 e. The van der Waals surface area contributed by atoms with Crippen LogP contribution in [0.1, 0.15) is 25.2 Å². The van der Waals surface area contributed by atoms with Gasteiger partial charge in [0.15, 0.2) is 0 Å². The Bertz CT molecular complexity index is 1200. The third-order valence-corrected chi connectivity index (χ3v) is 7.67. The first kappa shape index (κ1) is 23.8. The van der Waals surface area contributed by atoms with E-state index < -0.39 is 10.0 Å². The molecule has 2 aromatic heterocycles. The van der Waals surface area contributed by atoms with Crippen LogP contribution in [-0.4, -0.2) is 62.1 Å². The number of aromatic nitrogens is 5. The van der Waals surface area contributed by atoms with E-state index in [1.165, 1.54) is 21.1 Å². The van der Waals surface area contributed by atoms with E-state index in [0.717, 1.165) is 23.1 Å². The second-order valence-electron chi connectivity index (χ2n) is 6.94. The molecule has 1 amide bonds. The number of nitrogens with one attached hydrogen (secondary N) is 1. The highest BCUT2D eigenvalue weighted by Crippen LogP contribution is 2.20. The average molecular weight is 479 g/mol. The van der Waals surface area contributed by atoms with E-state index >= 15 is 0 Å². The number of carbonyl (C=O) groups excluding carboxylic acids is 1. The number of nitrogens with zero attached hydrogens (tertiary/aromatic N) is 6. The van der Waals surface area contributed by atoms with Crippen molar-refractivity contribution in [1.29, 1.82) is 0 Å². The third-order valence-electron chi connectivity index (χ3n) is 4.66. The number of benzene rings is 1. The Balaban J connectivity index is 1.62. The summed E-state index contributed by atoms with van der Waals surface area (Å²) >= 11 is 1.13. The number of hydrogen-bond acceptors (Lipinski definition) is 8. The molecule has 0 atom stereocenters. The lowest BCUT2D eigenvalue weighted by atomic mass is 10.3. The number of nitrogen functional groups attached to an aromatic ring is 1. The van der Waals surface area contributed by atoms with Gasteiger partial charge in [0.05, 0.1) is 16.3 Å². The maximum atomic E-state index is 12.5.